The molecule has 0 atom stereocenters. The number of hydrogen-bond donors (Lipinski definition) is 0. The fraction of sp³-hybridized carbons (Fsp3) is 0.545. The summed E-state index contributed by atoms with van der Waals surface area (Å²) in [5, 5.41) is 15.3. The molecule has 2 heterocycles. The average Bonchev–Trinajstić information content (AvgIpc) is 2.97. The zero-order chi connectivity index (χ0) is 13.3. The zero-order valence-corrected chi connectivity index (χ0v) is 10.9. The van der Waals surface area contributed by atoms with Gasteiger partial charge in [-0.2, -0.15) is 9.36 Å². The summed E-state index contributed by atoms with van der Waals surface area (Å²) >= 11 is 0. The van der Waals surface area contributed by atoms with Crippen LogP contribution in [0.25, 0.3) is 0 Å². The monoisotopic (exact) mass is 248 g/mol. The van der Waals surface area contributed by atoms with Crippen LogP contribution >= 0.6 is 0 Å². The molecule has 0 aliphatic carbocycles. The van der Waals surface area contributed by atoms with Crippen LogP contribution in [0.4, 0.5) is 4.79 Å². The zero-order valence-electron chi connectivity index (χ0n) is 10.9. The van der Waals surface area contributed by atoms with E-state index in [0.717, 1.165) is 16.1 Å². The Morgan fingerprint density at radius 2 is 1.89 bits per heavy atom. The van der Waals surface area contributed by atoms with Gasteiger partial charge >= 0.3 is 6.03 Å². The third-order valence-electron chi connectivity index (χ3n) is 2.63. The molecule has 0 aliphatic rings. The third-order valence-corrected chi connectivity index (χ3v) is 2.63. The van der Waals surface area contributed by atoms with Gasteiger partial charge in [-0.3, -0.25) is 0 Å². The van der Waals surface area contributed by atoms with Crippen molar-refractivity contribution in [2.24, 2.45) is 0 Å². The first-order valence-electron chi connectivity index (χ1n) is 5.89. The summed E-state index contributed by atoms with van der Waals surface area (Å²) in [5.74, 6) is 0.379. The Hall–Kier alpha value is -2.05. The molecule has 2 aromatic rings. The smallest absolute Gasteiger partial charge is 0.243 e. The molecule has 0 N–H and O–H groups in total. The van der Waals surface area contributed by atoms with Gasteiger partial charge in [-0.25, -0.2) is 4.79 Å². The minimum atomic E-state index is -0.365. The summed E-state index contributed by atoms with van der Waals surface area (Å²) in [6, 6.07) is -0.365. The Bertz CT molecular complexity index is 540. The lowest BCUT2D eigenvalue weighted by Crippen LogP contribution is -2.24. The van der Waals surface area contributed by atoms with E-state index in [1.807, 2.05) is 27.7 Å². The van der Waals surface area contributed by atoms with Gasteiger partial charge in [-0.05, 0) is 11.8 Å². The molecular weight excluding hydrogens is 232 g/mol. The van der Waals surface area contributed by atoms with Crippen molar-refractivity contribution >= 4 is 6.03 Å². The van der Waals surface area contributed by atoms with Crippen molar-refractivity contribution in [2.45, 2.75) is 39.5 Å². The van der Waals surface area contributed by atoms with Crippen molar-refractivity contribution < 1.29 is 4.79 Å². The van der Waals surface area contributed by atoms with Gasteiger partial charge in [0, 0.05) is 0 Å². The van der Waals surface area contributed by atoms with Crippen molar-refractivity contribution in [3.63, 3.8) is 0 Å². The molecule has 0 spiro atoms. The maximum Gasteiger partial charge on any atom is 0.372 e. The average molecular weight is 248 g/mol. The maximum absolute atomic E-state index is 12.2. The summed E-state index contributed by atoms with van der Waals surface area (Å²) in [6.45, 7) is 8.08. The minimum absolute atomic E-state index is 0.157. The van der Waals surface area contributed by atoms with Crippen molar-refractivity contribution in [1.29, 1.82) is 0 Å². The maximum atomic E-state index is 12.2. The van der Waals surface area contributed by atoms with E-state index < -0.39 is 0 Å². The van der Waals surface area contributed by atoms with Crippen LogP contribution in [0.15, 0.2) is 12.4 Å². The Kier molecular flexibility index (Phi) is 3.22. The molecule has 0 aromatic carbocycles. The summed E-state index contributed by atoms with van der Waals surface area (Å²) in [6.07, 6.45) is 2.94. The van der Waals surface area contributed by atoms with Gasteiger partial charge < -0.3 is 0 Å². The molecule has 7 heteroatoms. The van der Waals surface area contributed by atoms with Gasteiger partial charge in [0.1, 0.15) is 0 Å². The first kappa shape index (κ1) is 12.4. The molecule has 0 fully saturated rings. The van der Waals surface area contributed by atoms with Gasteiger partial charge in [0.25, 0.3) is 0 Å². The van der Waals surface area contributed by atoms with E-state index in [2.05, 4.69) is 20.6 Å². The van der Waals surface area contributed by atoms with Crippen molar-refractivity contribution in [2.75, 3.05) is 0 Å². The molecule has 96 valence electrons. The second kappa shape index (κ2) is 4.67. The SMILES string of the molecule is CC(C)c1nnn(C(=O)n2ccnn2)c1C(C)C. The van der Waals surface area contributed by atoms with Crippen LogP contribution in [0.5, 0.6) is 0 Å². The summed E-state index contributed by atoms with van der Waals surface area (Å²) < 4.78 is 2.44. The summed E-state index contributed by atoms with van der Waals surface area (Å²) in [4.78, 5) is 12.2. The Labute approximate surface area is 105 Å². The molecule has 0 saturated heterocycles. The van der Waals surface area contributed by atoms with Crippen LogP contribution in [0.2, 0.25) is 0 Å². The molecule has 2 rings (SSSR count). The number of carbonyl (C=O) groups excluding carboxylic acids is 1. The molecule has 2 aromatic heterocycles. The number of aromatic nitrogens is 6. The van der Waals surface area contributed by atoms with E-state index in [1.54, 1.807) is 0 Å². The lowest BCUT2D eigenvalue weighted by Gasteiger charge is -2.10. The van der Waals surface area contributed by atoms with E-state index in [9.17, 15) is 4.79 Å². The second-order valence-corrected chi connectivity index (χ2v) is 4.71. The predicted octanol–water partition coefficient (Wildman–Crippen LogP) is 1.63. The van der Waals surface area contributed by atoms with Crippen LogP contribution in [0, 0.1) is 0 Å². The second-order valence-electron chi connectivity index (χ2n) is 4.71. The normalized spacial score (nSPS) is 11.4. The topological polar surface area (TPSA) is 78.5 Å². The Morgan fingerprint density at radius 3 is 2.39 bits per heavy atom. The minimum Gasteiger partial charge on any atom is -0.243 e. The van der Waals surface area contributed by atoms with E-state index in [0.29, 0.717) is 0 Å². The van der Waals surface area contributed by atoms with Gasteiger partial charge in [-0.1, -0.05) is 38.1 Å². The van der Waals surface area contributed by atoms with Crippen LogP contribution in [-0.4, -0.2) is 36.0 Å². The van der Waals surface area contributed by atoms with E-state index >= 15 is 0 Å². The van der Waals surface area contributed by atoms with Crippen LogP contribution in [-0.2, 0) is 0 Å². The largest absolute Gasteiger partial charge is 0.372 e. The number of hydrogen-bond acceptors (Lipinski definition) is 5. The fourth-order valence-electron chi connectivity index (χ4n) is 1.80. The molecule has 0 radical (unpaired) electrons. The van der Waals surface area contributed by atoms with E-state index in [1.165, 1.54) is 17.1 Å². The van der Waals surface area contributed by atoms with Gasteiger partial charge in [0.05, 0.1) is 23.8 Å². The molecule has 7 nitrogen and oxygen atoms in total. The van der Waals surface area contributed by atoms with Gasteiger partial charge in [-0.15, -0.1) is 10.2 Å². The highest BCUT2D eigenvalue weighted by Gasteiger charge is 2.23. The lowest BCUT2D eigenvalue weighted by atomic mass is 10.0. The molecule has 0 amide bonds. The molecule has 18 heavy (non-hydrogen) atoms. The van der Waals surface area contributed by atoms with Crippen molar-refractivity contribution in [3.05, 3.63) is 23.8 Å². The van der Waals surface area contributed by atoms with Crippen LogP contribution < -0.4 is 0 Å². The highest BCUT2D eigenvalue weighted by molar-refractivity contribution is 5.78. The molecule has 0 unspecified atom stereocenters. The fourth-order valence-corrected chi connectivity index (χ4v) is 1.80. The standard InChI is InChI=1S/C11H16N6O/c1-7(2)9-10(8(3)4)17(15-13-9)11(18)16-6-5-12-14-16/h5-8H,1-4H3. The van der Waals surface area contributed by atoms with Crippen LogP contribution in [0.1, 0.15) is 50.9 Å². The number of rotatable bonds is 2. The van der Waals surface area contributed by atoms with E-state index in [4.69, 9.17) is 0 Å². The Morgan fingerprint density at radius 1 is 1.17 bits per heavy atom. The Balaban J connectivity index is 2.48. The molecule has 0 aliphatic heterocycles. The highest BCUT2D eigenvalue weighted by atomic mass is 16.2. The summed E-state index contributed by atoms with van der Waals surface area (Å²) in [7, 11) is 0. The first-order chi connectivity index (χ1) is 8.52. The third kappa shape index (κ3) is 2.03. The van der Waals surface area contributed by atoms with Crippen molar-refractivity contribution in [1.82, 2.24) is 30.0 Å². The number of nitrogens with zero attached hydrogens (tertiary/aromatic N) is 6. The first-order valence-corrected chi connectivity index (χ1v) is 5.89. The van der Waals surface area contributed by atoms with Gasteiger partial charge in [0.15, 0.2) is 0 Å². The predicted molar refractivity (Wildman–Crippen MR) is 64.4 cm³/mol. The van der Waals surface area contributed by atoms with Crippen LogP contribution in [0.3, 0.4) is 0 Å². The highest BCUT2D eigenvalue weighted by Crippen LogP contribution is 2.23. The summed E-state index contributed by atoms with van der Waals surface area (Å²) in [5.41, 5.74) is 1.67. The van der Waals surface area contributed by atoms with Crippen molar-refractivity contribution in [3.8, 4) is 0 Å². The van der Waals surface area contributed by atoms with Gasteiger partial charge in [0.2, 0.25) is 0 Å². The molecule has 0 bridgehead atoms. The quantitative estimate of drug-likeness (QED) is 0.807. The molecule has 0 saturated carbocycles. The lowest BCUT2D eigenvalue weighted by molar-refractivity contribution is 0.236. The molecular formula is C11H16N6O. The number of carbonyl (C=O) groups is 1. The van der Waals surface area contributed by atoms with E-state index in [-0.39, 0.29) is 17.9 Å².